The minimum absolute atomic E-state index is 0.0256. The molecule has 0 spiro atoms. The SMILES string of the molecule is Cc1c(Cc2cccc(NS(=O)(=O)c3cc(F)cc(F)c3)c2F)c(=O)oc2cc(OC(=O)N(C)C)c(Cl)cc12. The van der Waals surface area contributed by atoms with Gasteiger partial charge in [-0.25, -0.2) is 31.2 Å². The van der Waals surface area contributed by atoms with Crippen molar-refractivity contribution in [3.8, 4) is 5.75 Å². The number of rotatable bonds is 6. The third-order valence-electron chi connectivity index (χ3n) is 5.74. The molecule has 39 heavy (non-hydrogen) atoms. The fourth-order valence-electron chi connectivity index (χ4n) is 3.73. The summed E-state index contributed by atoms with van der Waals surface area (Å²) in [7, 11) is -1.58. The molecule has 0 saturated heterocycles. The first-order valence-corrected chi connectivity index (χ1v) is 13.0. The maximum absolute atomic E-state index is 15.4. The summed E-state index contributed by atoms with van der Waals surface area (Å²) in [6.07, 6.45) is -0.977. The number of fused-ring (bicyclic) bond motifs is 1. The van der Waals surface area contributed by atoms with Gasteiger partial charge in [0.25, 0.3) is 10.0 Å². The van der Waals surface area contributed by atoms with Crippen molar-refractivity contribution in [3.05, 3.63) is 98.1 Å². The van der Waals surface area contributed by atoms with Crippen molar-refractivity contribution in [3.63, 3.8) is 0 Å². The lowest BCUT2D eigenvalue weighted by molar-refractivity contribution is 0.172. The molecule has 0 fully saturated rings. The molecule has 0 aliphatic carbocycles. The molecule has 1 amide bonds. The van der Waals surface area contributed by atoms with Gasteiger partial charge in [-0.3, -0.25) is 4.72 Å². The number of hydrogen-bond acceptors (Lipinski definition) is 6. The van der Waals surface area contributed by atoms with Crippen LogP contribution in [0, 0.1) is 24.4 Å². The van der Waals surface area contributed by atoms with E-state index in [0.717, 1.165) is 6.07 Å². The number of anilines is 1. The summed E-state index contributed by atoms with van der Waals surface area (Å²) in [4.78, 5) is 25.2. The molecule has 0 bridgehead atoms. The molecule has 1 N–H and O–H groups in total. The number of benzene rings is 3. The van der Waals surface area contributed by atoms with Crippen LogP contribution in [0.2, 0.25) is 5.02 Å². The summed E-state index contributed by atoms with van der Waals surface area (Å²) in [5.74, 6) is -3.26. The standard InChI is InChI=1S/C26H20ClF3N2O6S/c1-13-18-11-20(27)23(38-26(34)32(2)3)12-22(18)37-25(33)19(13)7-14-5-4-6-21(24(14)30)31-39(35,36)17-9-15(28)8-16(29)10-17/h4-6,8-12,31H,7H2,1-3H3. The van der Waals surface area contributed by atoms with E-state index < -0.39 is 49.8 Å². The first-order valence-electron chi connectivity index (χ1n) is 11.2. The molecule has 0 aliphatic rings. The molecule has 204 valence electrons. The predicted molar refractivity (Wildman–Crippen MR) is 138 cm³/mol. The topological polar surface area (TPSA) is 106 Å². The zero-order valence-electron chi connectivity index (χ0n) is 20.6. The molecule has 0 saturated carbocycles. The number of amides is 1. The highest BCUT2D eigenvalue weighted by Gasteiger charge is 2.22. The zero-order valence-corrected chi connectivity index (χ0v) is 22.2. The van der Waals surface area contributed by atoms with Gasteiger partial charge in [-0.1, -0.05) is 23.7 Å². The van der Waals surface area contributed by atoms with E-state index in [2.05, 4.69) is 0 Å². The molecule has 4 aromatic rings. The molecule has 8 nitrogen and oxygen atoms in total. The summed E-state index contributed by atoms with van der Waals surface area (Å²) < 4.78 is 80.2. The second-order valence-corrected chi connectivity index (χ2v) is 10.8. The fourth-order valence-corrected chi connectivity index (χ4v) is 5.03. The largest absolute Gasteiger partial charge is 0.422 e. The van der Waals surface area contributed by atoms with E-state index in [1.807, 2.05) is 4.72 Å². The summed E-state index contributed by atoms with van der Waals surface area (Å²) in [5.41, 5.74) is -0.783. The molecule has 0 aliphatic heterocycles. The first-order chi connectivity index (χ1) is 18.3. The smallest absolute Gasteiger partial charge is 0.414 e. The van der Waals surface area contributed by atoms with E-state index in [1.165, 1.54) is 43.3 Å². The Kier molecular flexibility index (Phi) is 7.62. The molecule has 3 aromatic carbocycles. The molecule has 0 unspecified atom stereocenters. The normalized spacial score (nSPS) is 11.5. The van der Waals surface area contributed by atoms with Gasteiger partial charge < -0.3 is 14.1 Å². The molecular weight excluding hydrogens is 561 g/mol. The number of sulfonamides is 1. The Hall–Kier alpha value is -4.03. The minimum Gasteiger partial charge on any atom is -0.422 e. The van der Waals surface area contributed by atoms with Crippen LogP contribution in [0.5, 0.6) is 5.75 Å². The lowest BCUT2D eigenvalue weighted by atomic mass is 9.99. The number of hydrogen-bond donors (Lipinski definition) is 1. The van der Waals surface area contributed by atoms with Crippen LogP contribution < -0.4 is 15.1 Å². The monoisotopic (exact) mass is 580 g/mol. The number of nitrogens with one attached hydrogen (secondary N) is 1. The van der Waals surface area contributed by atoms with Crippen molar-refractivity contribution in [2.45, 2.75) is 18.2 Å². The van der Waals surface area contributed by atoms with Gasteiger partial charge in [-0.2, -0.15) is 0 Å². The quantitative estimate of drug-likeness (QED) is 0.297. The van der Waals surface area contributed by atoms with Crippen LogP contribution in [0.25, 0.3) is 11.0 Å². The lowest BCUT2D eigenvalue weighted by Gasteiger charge is -2.14. The summed E-state index contributed by atoms with van der Waals surface area (Å²) in [5, 5.41) is 0.474. The fraction of sp³-hybridized carbons (Fsp3) is 0.154. The van der Waals surface area contributed by atoms with E-state index in [0.29, 0.717) is 29.1 Å². The molecule has 0 radical (unpaired) electrons. The van der Waals surface area contributed by atoms with E-state index in [-0.39, 0.29) is 33.9 Å². The Morgan fingerprint density at radius 1 is 1.08 bits per heavy atom. The van der Waals surface area contributed by atoms with Crippen LogP contribution in [-0.2, 0) is 16.4 Å². The van der Waals surface area contributed by atoms with Crippen molar-refractivity contribution in [2.24, 2.45) is 0 Å². The highest BCUT2D eigenvalue weighted by atomic mass is 35.5. The number of nitrogens with zero attached hydrogens (tertiary/aromatic N) is 1. The van der Waals surface area contributed by atoms with E-state index in [1.54, 1.807) is 6.92 Å². The van der Waals surface area contributed by atoms with Crippen LogP contribution in [0.4, 0.5) is 23.7 Å². The Bertz CT molecular complexity index is 1770. The number of carbonyl (C=O) groups excluding carboxylic acids is 1. The molecule has 1 aromatic heterocycles. The summed E-state index contributed by atoms with van der Waals surface area (Å²) >= 11 is 6.27. The Morgan fingerprint density at radius 3 is 2.38 bits per heavy atom. The van der Waals surface area contributed by atoms with Gasteiger partial charge in [0.15, 0.2) is 11.6 Å². The maximum Gasteiger partial charge on any atom is 0.414 e. The van der Waals surface area contributed by atoms with Gasteiger partial charge in [-0.05, 0) is 42.3 Å². The predicted octanol–water partition coefficient (Wildman–Crippen LogP) is 5.62. The van der Waals surface area contributed by atoms with Gasteiger partial charge in [-0.15, -0.1) is 0 Å². The summed E-state index contributed by atoms with van der Waals surface area (Å²) in [6, 6.07) is 8.24. The zero-order chi connectivity index (χ0) is 28.6. The van der Waals surface area contributed by atoms with Crippen LogP contribution in [0.1, 0.15) is 16.7 Å². The van der Waals surface area contributed by atoms with Crippen molar-refractivity contribution >= 4 is 44.4 Å². The lowest BCUT2D eigenvalue weighted by Crippen LogP contribution is -2.25. The van der Waals surface area contributed by atoms with Crippen LogP contribution in [-0.4, -0.2) is 33.5 Å². The van der Waals surface area contributed by atoms with Crippen LogP contribution >= 0.6 is 11.6 Å². The Labute approximate surface area is 225 Å². The van der Waals surface area contributed by atoms with Gasteiger partial charge in [0, 0.05) is 43.6 Å². The van der Waals surface area contributed by atoms with E-state index in [4.69, 9.17) is 20.8 Å². The Morgan fingerprint density at radius 2 is 1.74 bits per heavy atom. The van der Waals surface area contributed by atoms with Gasteiger partial charge in [0.2, 0.25) is 0 Å². The second kappa shape index (κ2) is 10.6. The van der Waals surface area contributed by atoms with Gasteiger partial charge >= 0.3 is 11.7 Å². The second-order valence-electron chi connectivity index (χ2n) is 8.70. The van der Waals surface area contributed by atoms with E-state index in [9.17, 15) is 26.8 Å². The van der Waals surface area contributed by atoms with Gasteiger partial charge in [0.05, 0.1) is 15.6 Å². The average molecular weight is 581 g/mol. The third-order valence-corrected chi connectivity index (χ3v) is 7.38. The van der Waals surface area contributed by atoms with E-state index >= 15 is 4.39 Å². The maximum atomic E-state index is 15.4. The number of ether oxygens (including phenoxy) is 1. The average Bonchev–Trinajstić information content (AvgIpc) is 2.84. The first kappa shape index (κ1) is 28.0. The van der Waals surface area contributed by atoms with Crippen molar-refractivity contribution in [2.75, 3.05) is 18.8 Å². The minimum atomic E-state index is -4.54. The highest BCUT2D eigenvalue weighted by molar-refractivity contribution is 7.92. The van der Waals surface area contributed by atoms with Crippen LogP contribution in [0.15, 0.2) is 62.6 Å². The number of aryl methyl sites for hydroxylation is 1. The molecule has 4 rings (SSSR count). The van der Waals surface area contributed by atoms with Crippen molar-refractivity contribution < 1.29 is 35.5 Å². The summed E-state index contributed by atoms with van der Waals surface area (Å²) in [6.45, 7) is 1.60. The molecular formula is C26H20ClF3N2O6S. The highest BCUT2D eigenvalue weighted by Crippen LogP contribution is 2.33. The molecule has 13 heteroatoms. The van der Waals surface area contributed by atoms with Crippen molar-refractivity contribution in [1.29, 1.82) is 0 Å². The third kappa shape index (κ3) is 5.86. The number of halogens is 4. The van der Waals surface area contributed by atoms with Crippen molar-refractivity contribution in [1.82, 2.24) is 4.90 Å². The molecule has 1 heterocycles. The van der Waals surface area contributed by atoms with Crippen LogP contribution in [0.3, 0.4) is 0 Å². The number of carbonyl (C=O) groups is 1. The Balaban J connectivity index is 1.69. The van der Waals surface area contributed by atoms with Gasteiger partial charge in [0.1, 0.15) is 17.2 Å². The molecule has 0 atom stereocenters.